The molecule has 0 aliphatic rings. The molecule has 0 atom stereocenters. The number of hydrogen-bond donors (Lipinski definition) is 0. The van der Waals surface area contributed by atoms with Crippen molar-refractivity contribution in [3.8, 4) is 0 Å². The molecule has 8 heteroatoms. The first-order valence-electron chi connectivity index (χ1n) is 4.07. The average Bonchev–Trinajstić information content (AvgIpc) is 2.25. The van der Waals surface area contributed by atoms with Gasteiger partial charge in [0.25, 0.3) is 5.69 Å². The van der Waals surface area contributed by atoms with Gasteiger partial charge in [0.15, 0.2) is 0 Å². The highest BCUT2D eigenvalue weighted by molar-refractivity contribution is 6.24. The summed E-state index contributed by atoms with van der Waals surface area (Å²) in [6, 6.07) is 3.22. The van der Waals surface area contributed by atoms with Crippen LogP contribution in [0.1, 0.15) is 0 Å². The zero-order valence-electron chi connectivity index (χ0n) is 7.87. The van der Waals surface area contributed by atoms with Gasteiger partial charge in [-0.3, -0.25) is 25.2 Å². The average molecular weight is 244 g/mol. The van der Waals surface area contributed by atoms with Gasteiger partial charge < -0.3 is 0 Å². The Bertz CT molecular complexity index is 461. The van der Waals surface area contributed by atoms with Gasteiger partial charge in [-0.05, 0) is 6.07 Å². The van der Waals surface area contributed by atoms with E-state index in [1.807, 2.05) is 0 Å². The van der Waals surface area contributed by atoms with E-state index in [-0.39, 0.29) is 17.3 Å². The van der Waals surface area contributed by atoms with Gasteiger partial charge in [-0.1, -0.05) is 0 Å². The van der Waals surface area contributed by atoms with Crippen LogP contribution in [0.3, 0.4) is 0 Å². The number of hydrogen-bond acceptors (Lipinski definition) is 5. The fourth-order valence-electron chi connectivity index (χ4n) is 1.01. The standard InChI is InChI=1S/C8H6ClN3O4/c9-3-4-10-7-2-1-6(11(13)14)5-8(7)12(15)16/h1-2,4-5H,3H2. The third-order valence-corrected chi connectivity index (χ3v) is 1.80. The summed E-state index contributed by atoms with van der Waals surface area (Å²) in [5, 5.41) is 21.1. The van der Waals surface area contributed by atoms with Crippen molar-refractivity contribution in [2.24, 2.45) is 4.99 Å². The third-order valence-electron chi connectivity index (χ3n) is 1.67. The lowest BCUT2D eigenvalue weighted by atomic mass is 10.2. The molecule has 0 bridgehead atoms. The molecule has 0 amide bonds. The molecule has 0 unspecified atom stereocenters. The van der Waals surface area contributed by atoms with E-state index in [1.165, 1.54) is 12.3 Å². The topological polar surface area (TPSA) is 98.6 Å². The molecule has 0 N–H and O–H groups in total. The van der Waals surface area contributed by atoms with Gasteiger partial charge in [0.05, 0.1) is 21.8 Å². The van der Waals surface area contributed by atoms with Crippen LogP contribution >= 0.6 is 11.6 Å². The number of nitro benzene ring substituents is 2. The zero-order chi connectivity index (χ0) is 12.1. The Morgan fingerprint density at radius 1 is 1.31 bits per heavy atom. The van der Waals surface area contributed by atoms with Crippen LogP contribution in [0.25, 0.3) is 0 Å². The molecule has 1 rings (SSSR count). The highest BCUT2D eigenvalue weighted by Gasteiger charge is 2.18. The predicted molar refractivity (Wildman–Crippen MR) is 58.6 cm³/mol. The monoisotopic (exact) mass is 243 g/mol. The van der Waals surface area contributed by atoms with Crippen molar-refractivity contribution in [2.45, 2.75) is 0 Å². The van der Waals surface area contributed by atoms with Crippen LogP contribution in [0.5, 0.6) is 0 Å². The summed E-state index contributed by atoms with van der Waals surface area (Å²) in [7, 11) is 0. The second-order valence-electron chi connectivity index (χ2n) is 2.65. The molecule has 1 aromatic carbocycles. The normalized spacial score (nSPS) is 10.6. The van der Waals surface area contributed by atoms with Crippen LogP contribution in [0.4, 0.5) is 17.1 Å². The maximum Gasteiger partial charge on any atom is 0.301 e. The summed E-state index contributed by atoms with van der Waals surface area (Å²) in [6.45, 7) is 0. The number of nitrogens with zero attached hydrogens (tertiary/aromatic N) is 3. The van der Waals surface area contributed by atoms with Crippen LogP contribution in [0.15, 0.2) is 23.2 Å². The first kappa shape index (κ1) is 12.1. The van der Waals surface area contributed by atoms with Crippen molar-refractivity contribution in [3.63, 3.8) is 0 Å². The van der Waals surface area contributed by atoms with E-state index in [0.717, 1.165) is 12.1 Å². The summed E-state index contributed by atoms with van der Waals surface area (Å²) in [4.78, 5) is 23.4. The van der Waals surface area contributed by atoms with Gasteiger partial charge in [0.1, 0.15) is 5.69 Å². The quantitative estimate of drug-likeness (QED) is 0.351. The number of halogens is 1. The Hall–Kier alpha value is -2.02. The minimum absolute atomic E-state index is 0.0382. The molecule has 7 nitrogen and oxygen atoms in total. The zero-order valence-corrected chi connectivity index (χ0v) is 8.63. The van der Waals surface area contributed by atoms with E-state index in [1.54, 1.807) is 0 Å². The Kier molecular flexibility index (Phi) is 3.90. The van der Waals surface area contributed by atoms with Crippen LogP contribution in [-0.4, -0.2) is 21.9 Å². The van der Waals surface area contributed by atoms with E-state index in [4.69, 9.17) is 11.6 Å². The molecule has 0 aromatic heterocycles. The molecular weight excluding hydrogens is 238 g/mol. The van der Waals surface area contributed by atoms with Crippen LogP contribution in [-0.2, 0) is 0 Å². The molecule has 0 radical (unpaired) electrons. The first-order chi connectivity index (χ1) is 7.56. The molecule has 0 heterocycles. The fourth-order valence-corrected chi connectivity index (χ4v) is 1.08. The lowest BCUT2D eigenvalue weighted by Gasteiger charge is -1.96. The highest BCUT2D eigenvalue weighted by atomic mass is 35.5. The minimum Gasteiger partial charge on any atom is -0.258 e. The van der Waals surface area contributed by atoms with Crippen LogP contribution < -0.4 is 0 Å². The molecule has 0 saturated heterocycles. The molecule has 0 spiro atoms. The van der Waals surface area contributed by atoms with Gasteiger partial charge >= 0.3 is 5.69 Å². The smallest absolute Gasteiger partial charge is 0.258 e. The minimum atomic E-state index is -0.728. The van der Waals surface area contributed by atoms with Gasteiger partial charge in [-0.25, -0.2) is 0 Å². The number of benzene rings is 1. The van der Waals surface area contributed by atoms with E-state index in [2.05, 4.69) is 4.99 Å². The summed E-state index contributed by atoms with van der Waals surface area (Å²) in [5.74, 6) is 0.105. The summed E-state index contributed by atoms with van der Waals surface area (Å²) in [6.07, 6.45) is 1.27. The Balaban J connectivity index is 3.24. The van der Waals surface area contributed by atoms with E-state index in [0.29, 0.717) is 0 Å². The molecule has 0 aliphatic carbocycles. The van der Waals surface area contributed by atoms with Gasteiger partial charge in [0, 0.05) is 12.3 Å². The van der Waals surface area contributed by atoms with Gasteiger partial charge in [-0.2, -0.15) is 0 Å². The number of alkyl halides is 1. The van der Waals surface area contributed by atoms with Crippen molar-refractivity contribution in [3.05, 3.63) is 38.4 Å². The summed E-state index contributed by atoms with van der Waals surface area (Å²) in [5.41, 5.74) is -0.733. The largest absolute Gasteiger partial charge is 0.301 e. The fraction of sp³-hybridized carbons (Fsp3) is 0.125. The molecule has 0 saturated carbocycles. The maximum absolute atomic E-state index is 10.6. The van der Waals surface area contributed by atoms with Crippen LogP contribution in [0, 0.1) is 20.2 Å². The Labute approximate surface area is 94.7 Å². The van der Waals surface area contributed by atoms with Crippen molar-refractivity contribution < 1.29 is 9.85 Å². The van der Waals surface area contributed by atoms with E-state index in [9.17, 15) is 20.2 Å². The summed E-state index contributed by atoms with van der Waals surface area (Å²) < 4.78 is 0. The molecule has 84 valence electrons. The molecule has 0 aliphatic heterocycles. The highest BCUT2D eigenvalue weighted by Crippen LogP contribution is 2.30. The van der Waals surface area contributed by atoms with E-state index >= 15 is 0 Å². The van der Waals surface area contributed by atoms with Gasteiger partial charge in [-0.15, -0.1) is 11.6 Å². The Morgan fingerprint density at radius 3 is 2.50 bits per heavy atom. The van der Waals surface area contributed by atoms with Crippen molar-refractivity contribution in [2.75, 3.05) is 5.88 Å². The molecule has 16 heavy (non-hydrogen) atoms. The van der Waals surface area contributed by atoms with Crippen molar-refractivity contribution in [1.82, 2.24) is 0 Å². The molecule has 1 aromatic rings. The number of rotatable bonds is 4. The van der Waals surface area contributed by atoms with E-state index < -0.39 is 15.5 Å². The van der Waals surface area contributed by atoms with Crippen molar-refractivity contribution in [1.29, 1.82) is 0 Å². The Morgan fingerprint density at radius 2 is 2.00 bits per heavy atom. The lowest BCUT2D eigenvalue weighted by Crippen LogP contribution is -1.93. The first-order valence-corrected chi connectivity index (χ1v) is 4.61. The maximum atomic E-state index is 10.6. The number of non-ortho nitro benzene ring substituents is 1. The third kappa shape index (κ3) is 2.74. The lowest BCUT2D eigenvalue weighted by molar-refractivity contribution is -0.393. The SMILES string of the molecule is O=[N+]([O-])c1ccc(N=CCCl)c([N+](=O)[O-])c1. The second kappa shape index (κ2) is 5.17. The van der Waals surface area contributed by atoms with Crippen molar-refractivity contribution >= 4 is 34.9 Å². The predicted octanol–water partition coefficient (Wildman–Crippen LogP) is 2.44. The van der Waals surface area contributed by atoms with Crippen LogP contribution in [0.2, 0.25) is 0 Å². The molecular formula is C8H6ClN3O4. The molecule has 0 fully saturated rings. The number of nitro groups is 2. The van der Waals surface area contributed by atoms with Gasteiger partial charge in [0.2, 0.25) is 0 Å². The second-order valence-corrected chi connectivity index (χ2v) is 2.96. The number of aliphatic imine (C=N–C) groups is 1. The summed E-state index contributed by atoms with van der Waals surface area (Å²) >= 11 is 5.34.